The van der Waals surface area contributed by atoms with Crippen LogP contribution in [0.25, 0.3) is 0 Å². The molecular weight excluding hydrogens is 412 g/mol. The second-order valence-electron chi connectivity index (χ2n) is 6.13. The number of hydrogen-bond donors (Lipinski definition) is 1. The van der Waals surface area contributed by atoms with Crippen molar-refractivity contribution >= 4 is 38.9 Å². The highest BCUT2D eigenvalue weighted by Gasteiger charge is 2.22. The number of para-hydroxylation sites is 2. The predicted molar refractivity (Wildman–Crippen MR) is 114 cm³/mol. The van der Waals surface area contributed by atoms with Gasteiger partial charge in [0.2, 0.25) is 0 Å². The normalized spacial score (nSPS) is 11.0. The number of rotatable bonds is 6. The number of halogens is 1. The van der Waals surface area contributed by atoms with Crippen LogP contribution in [-0.4, -0.2) is 28.5 Å². The van der Waals surface area contributed by atoms with Crippen LogP contribution >= 0.6 is 11.6 Å². The van der Waals surface area contributed by atoms with E-state index in [1.165, 1.54) is 44.5 Å². The first-order chi connectivity index (χ1) is 13.8. The van der Waals surface area contributed by atoms with Gasteiger partial charge >= 0.3 is 0 Å². The highest BCUT2D eigenvalue weighted by molar-refractivity contribution is 7.92. The molecule has 0 atom stereocenters. The Morgan fingerprint density at radius 1 is 1.00 bits per heavy atom. The van der Waals surface area contributed by atoms with Gasteiger partial charge in [0.05, 0.1) is 23.4 Å². The van der Waals surface area contributed by atoms with Crippen LogP contribution in [0, 0.1) is 0 Å². The van der Waals surface area contributed by atoms with Gasteiger partial charge in [-0.25, -0.2) is 8.42 Å². The first kappa shape index (κ1) is 20.7. The summed E-state index contributed by atoms with van der Waals surface area (Å²) in [5, 5.41) is 3.22. The van der Waals surface area contributed by atoms with Crippen LogP contribution in [0.4, 0.5) is 11.4 Å². The van der Waals surface area contributed by atoms with E-state index in [9.17, 15) is 13.2 Å². The summed E-state index contributed by atoms with van der Waals surface area (Å²) in [4.78, 5) is 12.8. The number of anilines is 2. The molecule has 0 saturated carbocycles. The van der Waals surface area contributed by atoms with Crippen molar-refractivity contribution in [2.75, 3.05) is 23.8 Å². The van der Waals surface area contributed by atoms with Crippen LogP contribution in [-0.2, 0) is 10.0 Å². The summed E-state index contributed by atoms with van der Waals surface area (Å²) in [6.45, 7) is 0. The van der Waals surface area contributed by atoms with Gasteiger partial charge in [-0.3, -0.25) is 9.10 Å². The lowest BCUT2D eigenvalue weighted by molar-refractivity contribution is 0.102. The summed E-state index contributed by atoms with van der Waals surface area (Å²) in [6.07, 6.45) is 0. The van der Waals surface area contributed by atoms with Gasteiger partial charge < -0.3 is 10.1 Å². The molecule has 3 rings (SSSR count). The molecule has 0 aliphatic heterocycles. The van der Waals surface area contributed by atoms with Gasteiger partial charge in [-0.05, 0) is 54.6 Å². The summed E-state index contributed by atoms with van der Waals surface area (Å²) in [6, 6.07) is 19.3. The van der Waals surface area contributed by atoms with Gasteiger partial charge in [-0.2, -0.15) is 0 Å². The van der Waals surface area contributed by atoms with Crippen LogP contribution in [0.5, 0.6) is 5.75 Å². The van der Waals surface area contributed by atoms with Gasteiger partial charge in [0.25, 0.3) is 15.9 Å². The Morgan fingerprint density at radius 3 is 2.38 bits per heavy atom. The Labute approximate surface area is 174 Å². The number of methoxy groups -OCH3 is 1. The van der Waals surface area contributed by atoms with E-state index in [4.69, 9.17) is 16.3 Å². The monoisotopic (exact) mass is 430 g/mol. The molecule has 0 aromatic heterocycles. The number of carbonyl (C=O) groups excluding carboxylic acids is 1. The van der Waals surface area contributed by atoms with Gasteiger partial charge in [0.15, 0.2) is 0 Å². The maximum Gasteiger partial charge on any atom is 0.264 e. The molecule has 0 bridgehead atoms. The number of hydrogen-bond acceptors (Lipinski definition) is 4. The lowest BCUT2D eigenvalue weighted by Gasteiger charge is -2.20. The zero-order valence-electron chi connectivity index (χ0n) is 15.8. The topological polar surface area (TPSA) is 75.7 Å². The summed E-state index contributed by atoms with van der Waals surface area (Å²) in [5.41, 5.74) is 1.19. The fourth-order valence-corrected chi connectivity index (χ4v) is 4.00. The number of amides is 1. The maximum atomic E-state index is 12.9. The van der Waals surface area contributed by atoms with Gasteiger partial charge in [0, 0.05) is 17.6 Å². The molecule has 0 aliphatic rings. The van der Waals surface area contributed by atoms with E-state index in [-0.39, 0.29) is 10.8 Å². The third kappa shape index (κ3) is 4.52. The van der Waals surface area contributed by atoms with Crippen molar-refractivity contribution in [1.82, 2.24) is 0 Å². The van der Waals surface area contributed by atoms with Gasteiger partial charge in [-0.1, -0.05) is 29.8 Å². The zero-order chi connectivity index (χ0) is 21.0. The van der Waals surface area contributed by atoms with Crippen LogP contribution < -0.4 is 14.4 Å². The van der Waals surface area contributed by atoms with E-state index in [1.807, 2.05) is 0 Å². The molecule has 0 radical (unpaired) electrons. The molecule has 3 aromatic rings. The molecule has 3 aromatic carbocycles. The van der Waals surface area contributed by atoms with Crippen molar-refractivity contribution in [2.24, 2.45) is 0 Å². The average Bonchev–Trinajstić information content (AvgIpc) is 2.74. The number of ether oxygens (including phenoxy) is 1. The van der Waals surface area contributed by atoms with Crippen molar-refractivity contribution in [2.45, 2.75) is 4.90 Å². The summed E-state index contributed by atoms with van der Waals surface area (Å²) in [5.74, 6) is 0.146. The molecule has 6 nitrogen and oxygen atoms in total. The number of nitrogens with zero attached hydrogens (tertiary/aromatic N) is 1. The SMILES string of the molecule is COc1ccccc1NC(=O)c1cccc(N(C)S(=O)(=O)c2ccc(Cl)cc2)c1. The number of carbonyl (C=O) groups is 1. The first-order valence-electron chi connectivity index (χ1n) is 8.62. The van der Waals surface area contributed by atoms with E-state index in [0.29, 0.717) is 27.7 Å². The lowest BCUT2D eigenvalue weighted by atomic mass is 10.2. The van der Waals surface area contributed by atoms with E-state index in [1.54, 1.807) is 42.5 Å². The molecule has 0 unspecified atom stereocenters. The number of sulfonamides is 1. The second-order valence-corrected chi connectivity index (χ2v) is 8.54. The molecule has 1 N–H and O–H groups in total. The Bertz CT molecular complexity index is 1130. The smallest absolute Gasteiger partial charge is 0.264 e. The quantitative estimate of drug-likeness (QED) is 0.627. The highest BCUT2D eigenvalue weighted by atomic mass is 35.5. The second kappa shape index (κ2) is 8.55. The number of nitrogens with one attached hydrogen (secondary N) is 1. The fraction of sp³-hybridized carbons (Fsp3) is 0.0952. The molecule has 29 heavy (non-hydrogen) atoms. The third-order valence-corrected chi connectivity index (χ3v) is 6.35. The molecule has 150 valence electrons. The minimum Gasteiger partial charge on any atom is -0.495 e. The van der Waals surface area contributed by atoms with Crippen molar-refractivity contribution in [3.8, 4) is 5.75 Å². The molecule has 0 spiro atoms. The summed E-state index contributed by atoms with van der Waals surface area (Å²) < 4.78 is 32.1. The molecule has 1 amide bonds. The number of benzene rings is 3. The Hall–Kier alpha value is -3.03. The van der Waals surface area contributed by atoms with E-state index in [2.05, 4.69) is 5.32 Å². The van der Waals surface area contributed by atoms with Crippen molar-refractivity contribution in [3.05, 3.63) is 83.4 Å². The van der Waals surface area contributed by atoms with E-state index >= 15 is 0 Å². The molecular formula is C21H19ClN2O4S. The molecule has 0 saturated heterocycles. The van der Waals surface area contributed by atoms with Crippen molar-refractivity contribution in [1.29, 1.82) is 0 Å². The standard InChI is InChI=1S/C21H19ClN2O4S/c1-24(29(26,27)18-12-10-16(22)11-13-18)17-7-5-6-15(14-17)21(25)23-19-8-3-4-9-20(19)28-2/h3-14H,1-2H3,(H,23,25). The van der Waals surface area contributed by atoms with Crippen molar-refractivity contribution < 1.29 is 17.9 Å². The van der Waals surface area contributed by atoms with E-state index < -0.39 is 10.0 Å². The lowest BCUT2D eigenvalue weighted by Crippen LogP contribution is -2.26. The van der Waals surface area contributed by atoms with Crippen molar-refractivity contribution in [3.63, 3.8) is 0 Å². The largest absolute Gasteiger partial charge is 0.495 e. The third-order valence-electron chi connectivity index (χ3n) is 4.30. The van der Waals surface area contributed by atoms with Gasteiger partial charge in [-0.15, -0.1) is 0 Å². The van der Waals surface area contributed by atoms with Crippen LogP contribution in [0.1, 0.15) is 10.4 Å². The Kier molecular flexibility index (Phi) is 6.10. The van der Waals surface area contributed by atoms with Crippen LogP contribution in [0.15, 0.2) is 77.7 Å². The maximum absolute atomic E-state index is 12.9. The molecule has 0 aliphatic carbocycles. The summed E-state index contributed by atoms with van der Waals surface area (Å²) >= 11 is 5.84. The van der Waals surface area contributed by atoms with E-state index in [0.717, 1.165) is 4.31 Å². The molecule has 8 heteroatoms. The predicted octanol–water partition coefficient (Wildman–Crippen LogP) is 4.43. The molecule has 0 fully saturated rings. The fourth-order valence-electron chi connectivity index (χ4n) is 2.69. The highest BCUT2D eigenvalue weighted by Crippen LogP contribution is 2.26. The van der Waals surface area contributed by atoms with Crippen LogP contribution in [0.2, 0.25) is 5.02 Å². The average molecular weight is 431 g/mol. The molecule has 0 heterocycles. The first-order valence-corrected chi connectivity index (χ1v) is 10.4. The van der Waals surface area contributed by atoms with Crippen LogP contribution in [0.3, 0.4) is 0 Å². The Balaban J connectivity index is 1.86. The minimum absolute atomic E-state index is 0.105. The minimum atomic E-state index is -3.80. The summed E-state index contributed by atoms with van der Waals surface area (Å²) in [7, 11) is -0.850. The van der Waals surface area contributed by atoms with Gasteiger partial charge in [0.1, 0.15) is 5.75 Å². The Morgan fingerprint density at radius 2 is 1.69 bits per heavy atom. The zero-order valence-corrected chi connectivity index (χ0v) is 17.4.